The van der Waals surface area contributed by atoms with Gasteiger partial charge in [0.1, 0.15) is 0 Å². The molecule has 86 valence electrons. The molecule has 2 rings (SSSR count). The van der Waals surface area contributed by atoms with Gasteiger partial charge in [-0.1, -0.05) is 13.0 Å². The number of fused-ring (bicyclic) bond motifs is 1. The molecule has 1 aromatic heterocycles. The Morgan fingerprint density at radius 1 is 1.56 bits per heavy atom. The minimum Gasteiger partial charge on any atom is -0.348 e. The number of carbonyl (C=O) groups excluding carboxylic acids is 1. The Labute approximate surface area is 96.4 Å². The Kier molecular flexibility index (Phi) is 3.13. The van der Waals surface area contributed by atoms with Crippen molar-refractivity contribution in [1.82, 2.24) is 9.47 Å². The molecule has 1 aliphatic heterocycles. The third-order valence-corrected chi connectivity index (χ3v) is 3.12. The van der Waals surface area contributed by atoms with Gasteiger partial charge in [-0.15, -0.1) is 0 Å². The van der Waals surface area contributed by atoms with Crippen LogP contribution in [0.1, 0.15) is 32.0 Å². The molecular formula is C13H18N2O. The third kappa shape index (κ3) is 1.90. The van der Waals surface area contributed by atoms with Crippen LogP contribution in [0.25, 0.3) is 0 Å². The molecule has 0 aromatic carbocycles. The van der Waals surface area contributed by atoms with Crippen molar-refractivity contribution in [2.24, 2.45) is 0 Å². The van der Waals surface area contributed by atoms with Gasteiger partial charge in [0.15, 0.2) is 0 Å². The lowest BCUT2D eigenvalue weighted by molar-refractivity contribution is -0.129. The van der Waals surface area contributed by atoms with Gasteiger partial charge in [0.25, 0.3) is 0 Å². The van der Waals surface area contributed by atoms with Gasteiger partial charge in [-0.05, 0) is 31.6 Å². The van der Waals surface area contributed by atoms with Crippen LogP contribution in [-0.2, 0) is 11.3 Å². The van der Waals surface area contributed by atoms with E-state index >= 15 is 0 Å². The molecule has 16 heavy (non-hydrogen) atoms. The molecule has 0 N–H and O–H groups in total. The summed E-state index contributed by atoms with van der Waals surface area (Å²) in [7, 11) is 0. The molecule has 0 saturated heterocycles. The SMILES string of the molecule is CC/C=C\C(=O)N1CCn2cccc2[C@@H]1C. The number of nitrogens with zero attached hydrogens (tertiary/aromatic N) is 2. The highest BCUT2D eigenvalue weighted by Crippen LogP contribution is 2.25. The Morgan fingerprint density at radius 2 is 2.38 bits per heavy atom. The van der Waals surface area contributed by atoms with Crippen molar-refractivity contribution in [3.05, 3.63) is 36.2 Å². The Hall–Kier alpha value is -1.51. The lowest BCUT2D eigenvalue weighted by Gasteiger charge is -2.34. The lowest BCUT2D eigenvalue weighted by Crippen LogP contribution is -2.39. The van der Waals surface area contributed by atoms with E-state index in [2.05, 4.69) is 23.8 Å². The quantitative estimate of drug-likeness (QED) is 0.699. The second-order valence-electron chi connectivity index (χ2n) is 4.14. The van der Waals surface area contributed by atoms with Crippen LogP contribution in [0.15, 0.2) is 30.5 Å². The topological polar surface area (TPSA) is 25.2 Å². The second kappa shape index (κ2) is 4.56. The molecule has 1 atom stereocenters. The van der Waals surface area contributed by atoms with E-state index in [-0.39, 0.29) is 11.9 Å². The monoisotopic (exact) mass is 218 g/mol. The van der Waals surface area contributed by atoms with Gasteiger partial charge in [-0.2, -0.15) is 0 Å². The highest BCUT2D eigenvalue weighted by Gasteiger charge is 2.25. The first-order valence-corrected chi connectivity index (χ1v) is 5.86. The average molecular weight is 218 g/mol. The number of amides is 1. The molecule has 0 fully saturated rings. The van der Waals surface area contributed by atoms with E-state index in [4.69, 9.17) is 0 Å². The van der Waals surface area contributed by atoms with E-state index in [1.807, 2.05) is 24.0 Å². The fraction of sp³-hybridized carbons (Fsp3) is 0.462. The summed E-state index contributed by atoms with van der Waals surface area (Å²) in [5, 5.41) is 0. The Balaban J connectivity index is 2.15. The van der Waals surface area contributed by atoms with E-state index < -0.39 is 0 Å². The molecule has 2 heterocycles. The highest BCUT2D eigenvalue weighted by molar-refractivity contribution is 5.87. The van der Waals surface area contributed by atoms with Crippen molar-refractivity contribution in [3.8, 4) is 0 Å². The molecule has 0 aliphatic carbocycles. The van der Waals surface area contributed by atoms with Crippen molar-refractivity contribution >= 4 is 5.91 Å². The first kappa shape index (κ1) is 11.0. The van der Waals surface area contributed by atoms with Crippen LogP contribution in [0.5, 0.6) is 0 Å². The van der Waals surface area contributed by atoms with Crippen LogP contribution in [-0.4, -0.2) is 21.9 Å². The normalized spacial score (nSPS) is 20.1. The van der Waals surface area contributed by atoms with Gasteiger partial charge in [0, 0.05) is 25.0 Å². The third-order valence-electron chi connectivity index (χ3n) is 3.12. The predicted molar refractivity (Wildman–Crippen MR) is 64.0 cm³/mol. The summed E-state index contributed by atoms with van der Waals surface area (Å²) < 4.78 is 2.22. The first-order chi connectivity index (χ1) is 7.74. The molecular weight excluding hydrogens is 200 g/mol. The number of hydrogen-bond donors (Lipinski definition) is 0. The minimum atomic E-state index is 0.127. The van der Waals surface area contributed by atoms with Crippen molar-refractivity contribution in [2.75, 3.05) is 6.54 Å². The van der Waals surface area contributed by atoms with E-state index in [9.17, 15) is 4.79 Å². The molecule has 0 saturated carbocycles. The Bertz CT molecular complexity index is 406. The predicted octanol–water partition coefficient (Wildman–Crippen LogP) is 2.36. The number of carbonyl (C=O) groups is 1. The zero-order valence-electron chi connectivity index (χ0n) is 9.89. The summed E-state index contributed by atoms with van der Waals surface area (Å²) >= 11 is 0. The largest absolute Gasteiger partial charge is 0.348 e. The van der Waals surface area contributed by atoms with E-state index in [0.29, 0.717) is 0 Å². The maximum absolute atomic E-state index is 11.9. The molecule has 3 heteroatoms. The number of rotatable bonds is 2. The highest BCUT2D eigenvalue weighted by atomic mass is 16.2. The van der Waals surface area contributed by atoms with Crippen molar-refractivity contribution in [1.29, 1.82) is 0 Å². The Morgan fingerprint density at radius 3 is 3.12 bits per heavy atom. The van der Waals surface area contributed by atoms with Crippen molar-refractivity contribution < 1.29 is 4.79 Å². The van der Waals surface area contributed by atoms with Crippen molar-refractivity contribution in [2.45, 2.75) is 32.9 Å². The van der Waals surface area contributed by atoms with Gasteiger partial charge in [0.05, 0.1) is 6.04 Å². The van der Waals surface area contributed by atoms with Gasteiger partial charge < -0.3 is 9.47 Å². The van der Waals surface area contributed by atoms with Crippen molar-refractivity contribution in [3.63, 3.8) is 0 Å². The summed E-state index contributed by atoms with van der Waals surface area (Å²) in [5.41, 5.74) is 1.23. The molecule has 1 amide bonds. The summed E-state index contributed by atoms with van der Waals surface area (Å²) in [6.45, 7) is 5.82. The van der Waals surface area contributed by atoms with Gasteiger partial charge in [-0.3, -0.25) is 4.79 Å². The second-order valence-corrected chi connectivity index (χ2v) is 4.14. The molecule has 1 aromatic rings. The number of aromatic nitrogens is 1. The molecule has 3 nitrogen and oxygen atoms in total. The fourth-order valence-corrected chi connectivity index (χ4v) is 2.19. The fourth-order valence-electron chi connectivity index (χ4n) is 2.19. The zero-order chi connectivity index (χ0) is 11.5. The van der Waals surface area contributed by atoms with Crippen LogP contribution in [0.3, 0.4) is 0 Å². The van der Waals surface area contributed by atoms with Gasteiger partial charge in [0.2, 0.25) is 5.91 Å². The molecule has 0 bridgehead atoms. The zero-order valence-corrected chi connectivity index (χ0v) is 9.89. The molecule has 0 radical (unpaired) electrons. The van der Waals surface area contributed by atoms with Gasteiger partial charge in [-0.25, -0.2) is 0 Å². The summed E-state index contributed by atoms with van der Waals surface area (Å²) in [6.07, 6.45) is 6.59. The summed E-state index contributed by atoms with van der Waals surface area (Å²) in [5.74, 6) is 0.127. The van der Waals surface area contributed by atoms with E-state index in [1.165, 1.54) is 5.69 Å². The maximum atomic E-state index is 11.9. The molecule has 0 spiro atoms. The number of allylic oxidation sites excluding steroid dienone is 1. The average Bonchev–Trinajstić information content (AvgIpc) is 2.75. The standard InChI is InChI=1S/C13H18N2O/c1-3-4-7-13(16)15-10-9-14-8-5-6-12(14)11(15)2/h4-8,11H,3,9-10H2,1-2H3/b7-4-/t11-/m0/s1. The van der Waals surface area contributed by atoms with Crippen LogP contribution in [0.2, 0.25) is 0 Å². The van der Waals surface area contributed by atoms with Gasteiger partial charge >= 0.3 is 0 Å². The van der Waals surface area contributed by atoms with Crippen LogP contribution in [0.4, 0.5) is 0 Å². The van der Waals surface area contributed by atoms with Crippen LogP contribution < -0.4 is 0 Å². The molecule has 0 unspecified atom stereocenters. The summed E-state index contributed by atoms with van der Waals surface area (Å²) in [4.78, 5) is 13.9. The lowest BCUT2D eigenvalue weighted by atomic mass is 10.1. The van der Waals surface area contributed by atoms with E-state index in [0.717, 1.165) is 19.5 Å². The van der Waals surface area contributed by atoms with E-state index in [1.54, 1.807) is 6.08 Å². The smallest absolute Gasteiger partial charge is 0.246 e. The van der Waals surface area contributed by atoms with Crippen LogP contribution in [0, 0.1) is 0 Å². The minimum absolute atomic E-state index is 0.127. The first-order valence-electron chi connectivity index (χ1n) is 5.86. The molecule has 1 aliphatic rings. The maximum Gasteiger partial charge on any atom is 0.246 e. The number of hydrogen-bond acceptors (Lipinski definition) is 1. The van der Waals surface area contributed by atoms with Crippen LogP contribution >= 0.6 is 0 Å². The summed E-state index contributed by atoms with van der Waals surface area (Å²) in [6, 6.07) is 4.31.